The molecule has 2 aromatic heterocycles. The molecule has 2 aliphatic rings. The predicted octanol–water partition coefficient (Wildman–Crippen LogP) is 6.25. The van der Waals surface area contributed by atoms with Gasteiger partial charge in [-0.25, -0.2) is 19.6 Å². The molecule has 7 rings (SSSR count). The van der Waals surface area contributed by atoms with Gasteiger partial charge in [0.2, 0.25) is 5.91 Å². The highest BCUT2D eigenvalue weighted by molar-refractivity contribution is 5.86. The van der Waals surface area contributed by atoms with E-state index in [0.29, 0.717) is 31.2 Å². The number of amides is 4. The lowest BCUT2D eigenvalue weighted by Crippen LogP contribution is -2.51. The van der Waals surface area contributed by atoms with Gasteiger partial charge in [0, 0.05) is 19.5 Å². The van der Waals surface area contributed by atoms with Crippen LogP contribution in [0.15, 0.2) is 85.2 Å². The van der Waals surface area contributed by atoms with Gasteiger partial charge in [-0.3, -0.25) is 9.59 Å². The predicted molar refractivity (Wildman–Crippen MR) is 215 cm³/mol. The highest BCUT2D eigenvalue weighted by Crippen LogP contribution is 2.35. The average molecular weight is 789 g/mol. The van der Waals surface area contributed by atoms with Crippen LogP contribution >= 0.6 is 0 Å². The molecule has 0 radical (unpaired) electrons. The Kier molecular flexibility index (Phi) is 11.8. The SMILES string of the molecule is COC(=O)N[C@H](C(=O)N1CCC[C@H]1c1ncc(-c2ccc(-c3ccc(-c4cnc([C@@H]5CCCN5C(=O)[C@H](Cc5ccc(O)cc5)OC(N)=O)[nH]4)cc3)cc2)[nH]1)C(C)C. The first kappa shape index (κ1) is 39.6. The maximum atomic E-state index is 13.7. The smallest absolute Gasteiger partial charge is 0.407 e. The Hall–Kier alpha value is -6.64. The van der Waals surface area contributed by atoms with Crippen LogP contribution in [0.25, 0.3) is 33.6 Å². The molecular weight excluding hydrogens is 741 g/mol. The van der Waals surface area contributed by atoms with E-state index in [4.69, 9.17) is 15.2 Å². The summed E-state index contributed by atoms with van der Waals surface area (Å²) >= 11 is 0. The van der Waals surface area contributed by atoms with Crippen molar-refractivity contribution in [3.05, 3.63) is 102 Å². The number of nitrogens with zero attached hydrogens (tertiary/aromatic N) is 4. The Morgan fingerprint density at radius 2 is 1.26 bits per heavy atom. The van der Waals surface area contributed by atoms with Crippen LogP contribution in [-0.4, -0.2) is 91.2 Å². The number of alkyl carbamates (subject to hydrolysis) is 1. The number of nitrogens with one attached hydrogen (secondary N) is 3. The summed E-state index contributed by atoms with van der Waals surface area (Å²) in [6.07, 6.45) is 3.96. The van der Waals surface area contributed by atoms with Crippen LogP contribution in [0.2, 0.25) is 0 Å². The minimum Gasteiger partial charge on any atom is -0.508 e. The van der Waals surface area contributed by atoms with Gasteiger partial charge in [-0.15, -0.1) is 0 Å². The Bertz CT molecular complexity index is 2230. The molecule has 4 atom stereocenters. The fraction of sp³-hybridized carbons (Fsp3) is 0.349. The van der Waals surface area contributed by atoms with E-state index >= 15 is 0 Å². The summed E-state index contributed by atoms with van der Waals surface area (Å²) in [5, 5.41) is 12.3. The monoisotopic (exact) mass is 788 g/mol. The number of ether oxygens (including phenoxy) is 2. The number of benzene rings is 3. The standard InChI is InChI=1S/C43H48N8O7/c1-25(2)37(49-43(56)57-3)41(54)51-21-5-7-35(51)39-46-24-33(48-39)30-16-12-28(13-17-30)27-10-14-29(15-11-27)32-23-45-38(47-32)34-6-4-20-50(34)40(53)36(58-42(44)55)22-26-8-18-31(52)19-9-26/h8-19,23-25,34-37,52H,4-7,20-22H2,1-3H3,(H2,44,55)(H,45,47)(H,46,48)(H,49,56)/t34-,35-,36-,37-/m0/s1. The first-order valence-corrected chi connectivity index (χ1v) is 19.5. The van der Waals surface area contributed by atoms with Crippen molar-refractivity contribution in [3.63, 3.8) is 0 Å². The van der Waals surface area contributed by atoms with Crippen molar-refractivity contribution in [2.45, 2.75) is 70.2 Å². The summed E-state index contributed by atoms with van der Waals surface area (Å²) in [6, 6.07) is 21.4. The molecule has 15 heteroatoms. The zero-order valence-electron chi connectivity index (χ0n) is 32.7. The van der Waals surface area contributed by atoms with Crippen molar-refractivity contribution in [1.82, 2.24) is 35.1 Å². The minimum atomic E-state index is -1.11. The fourth-order valence-electron chi connectivity index (χ4n) is 7.85. The summed E-state index contributed by atoms with van der Waals surface area (Å²) in [7, 11) is 1.28. The van der Waals surface area contributed by atoms with E-state index in [0.717, 1.165) is 58.5 Å². The molecule has 2 aliphatic heterocycles. The Labute approximate surface area is 336 Å². The van der Waals surface area contributed by atoms with E-state index in [1.54, 1.807) is 34.3 Å². The molecule has 3 aromatic carbocycles. The van der Waals surface area contributed by atoms with Gasteiger partial charge >= 0.3 is 12.2 Å². The van der Waals surface area contributed by atoms with Crippen LogP contribution in [-0.2, 0) is 25.5 Å². The second-order valence-electron chi connectivity index (χ2n) is 15.1. The first-order valence-electron chi connectivity index (χ1n) is 19.5. The molecule has 2 saturated heterocycles. The number of phenolic OH excluding ortho intramolecular Hbond substituents is 1. The molecule has 0 bridgehead atoms. The molecule has 15 nitrogen and oxygen atoms in total. The molecule has 2 fully saturated rings. The van der Waals surface area contributed by atoms with Gasteiger partial charge in [-0.05, 0) is 71.6 Å². The van der Waals surface area contributed by atoms with Gasteiger partial charge in [0.25, 0.3) is 5.91 Å². The fourth-order valence-corrected chi connectivity index (χ4v) is 7.85. The summed E-state index contributed by atoms with van der Waals surface area (Å²) in [4.78, 5) is 70.6. The van der Waals surface area contributed by atoms with Crippen molar-refractivity contribution in [1.29, 1.82) is 0 Å². The zero-order valence-corrected chi connectivity index (χ0v) is 32.7. The number of nitrogens with two attached hydrogens (primary N) is 1. The van der Waals surface area contributed by atoms with Crippen LogP contribution in [0, 0.1) is 5.92 Å². The molecule has 0 aliphatic carbocycles. The van der Waals surface area contributed by atoms with E-state index < -0.39 is 24.3 Å². The number of H-pyrrole nitrogens is 2. The number of hydrogen-bond acceptors (Lipinski definition) is 9. The van der Waals surface area contributed by atoms with Gasteiger partial charge in [-0.2, -0.15) is 0 Å². The average Bonchev–Trinajstić information content (AvgIpc) is 4.07. The van der Waals surface area contributed by atoms with E-state index in [9.17, 15) is 24.3 Å². The van der Waals surface area contributed by atoms with Crippen molar-refractivity contribution >= 4 is 24.0 Å². The van der Waals surface area contributed by atoms with Crippen molar-refractivity contribution in [2.24, 2.45) is 11.7 Å². The van der Waals surface area contributed by atoms with Crippen molar-refractivity contribution < 1.29 is 33.8 Å². The molecule has 0 unspecified atom stereocenters. The molecular formula is C43H48N8O7. The number of primary amides is 1. The van der Waals surface area contributed by atoms with Crippen LogP contribution in [0.3, 0.4) is 0 Å². The number of carbonyl (C=O) groups is 4. The van der Waals surface area contributed by atoms with Crippen LogP contribution in [0.5, 0.6) is 5.75 Å². The van der Waals surface area contributed by atoms with Gasteiger partial charge in [0.15, 0.2) is 6.10 Å². The summed E-state index contributed by atoms with van der Waals surface area (Å²) in [6.45, 7) is 4.85. The zero-order chi connectivity index (χ0) is 40.9. The summed E-state index contributed by atoms with van der Waals surface area (Å²) < 4.78 is 10.0. The summed E-state index contributed by atoms with van der Waals surface area (Å²) in [5.74, 6) is 0.835. The van der Waals surface area contributed by atoms with Crippen LogP contribution < -0.4 is 11.1 Å². The third-order valence-electron chi connectivity index (χ3n) is 10.9. The van der Waals surface area contributed by atoms with E-state index in [1.165, 1.54) is 19.2 Å². The summed E-state index contributed by atoms with van der Waals surface area (Å²) in [5.41, 5.74) is 11.7. The minimum absolute atomic E-state index is 0.0962. The van der Waals surface area contributed by atoms with Crippen molar-refractivity contribution in [3.8, 4) is 39.4 Å². The van der Waals surface area contributed by atoms with Gasteiger partial charge in [0.05, 0.1) is 43.0 Å². The van der Waals surface area contributed by atoms with Crippen LogP contribution in [0.4, 0.5) is 9.59 Å². The number of imidazole rings is 2. The molecule has 0 spiro atoms. The number of aromatic hydroxyl groups is 1. The lowest BCUT2D eigenvalue weighted by Gasteiger charge is -2.30. The number of likely N-dealkylation sites (tertiary alicyclic amines) is 2. The van der Waals surface area contributed by atoms with E-state index in [-0.39, 0.29) is 42.0 Å². The topological polar surface area (TPSA) is 209 Å². The maximum absolute atomic E-state index is 13.7. The first-order chi connectivity index (χ1) is 28.0. The number of rotatable bonds is 12. The molecule has 5 aromatic rings. The quantitative estimate of drug-likeness (QED) is 0.0966. The largest absolute Gasteiger partial charge is 0.508 e. The molecule has 6 N–H and O–H groups in total. The number of phenols is 1. The third kappa shape index (κ3) is 8.67. The molecule has 0 saturated carbocycles. The Morgan fingerprint density at radius 1 is 0.776 bits per heavy atom. The second kappa shape index (κ2) is 17.2. The number of hydrogen-bond donors (Lipinski definition) is 5. The molecule has 302 valence electrons. The number of aromatic amines is 2. The van der Waals surface area contributed by atoms with Crippen molar-refractivity contribution in [2.75, 3.05) is 20.2 Å². The van der Waals surface area contributed by atoms with Crippen LogP contribution in [0.1, 0.15) is 68.8 Å². The lowest BCUT2D eigenvalue weighted by atomic mass is 10.0. The Balaban J connectivity index is 0.997. The number of aromatic nitrogens is 4. The molecule has 58 heavy (non-hydrogen) atoms. The van der Waals surface area contributed by atoms with Gasteiger partial charge < -0.3 is 45.4 Å². The highest BCUT2D eigenvalue weighted by Gasteiger charge is 2.39. The molecule has 4 heterocycles. The Morgan fingerprint density at radius 3 is 1.72 bits per heavy atom. The lowest BCUT2D eigenvalue weighted by molar-refractivity contribution is -0.141. The maximum Gasteiger partial charge on any atom is 0.407 e. The van der Waals surface area contributed by atoms with E-state index in [2.05, 4.69) is 37.4 Å². The van der Waals surface area contributed by atoms with E-state index in [1.807, 2.05) is 50.2 Å². The van der Waals surface area contributed by atoms with Gasteiger partial charge in [-0.1, -0.05) is 74.5 Å². The second-order valence-corrected chi connectivity index (χ2v) is 15.1. The molecule has 4 amide bonds. The third-order valence-corrected chi connectivity index (χ3v) is 10.9. The normalized spacial score (nSPS) is 17.6. The number of carbonyl (C=O) groups excluding carboxylic acids is 4. The number of methoxy groups -OCH3 is 1. The van der Waals surface area contributed by atoms with Gasteiger partial charge in [0.1, 0.15) is 23.4 Å². The highest BCUT2D eigenvalue weighted by atomic mass is 16.6.